The summed E-state index contributed by atoms with van der Waals surface area (Å²) in [7, 11) is 3.48. The van der Waals surface area contributed by atoms with E-state index in [-0.39, 0.29) is 12.5 Å². The van der Waals surface area contributed by atoms with E-state index in [1.807, 2.05) is 12.1 Å². The van der Waals surface area contributed by atoms with E-state index in [1.165, 1.54) is 5.56 Å². The summed E-state index contributed by atoms with van der Waals surface area (Å²) in [6.45, 7) is 6.72. The number of ether oxygens (including phenoxy) is 1. The number of carbonyl (C=O) groups is 1. The van der Waals surface area contributed by atoms with Gasteiger partial charge in [0.05, 0.1) is 6.61 Å². The summed E-state index contributed by atoms with van der Waals surface area (Å²) >= 11 is 0. The van der Waals surface area contributed by atoms with E-state index in [1.54, 1.807) is 19.0 Å². The zero-order chi connectivity index (χ0) is 19.2. The number of hydrogen-bond acceptors (Lipinski definition) is 3. The number of benzene rings is 1. The normalized spacial score (nSPS) is 11.2. The summed E-state index contributed by atoms with van der Waals surface area (Å²) < 4.78 is 5.68. The van der Waals surface area contributed by atoms with E-state index in [2.05, 4.69) is 41.6 Å². The molecule has 0 bridgehead atoms. The largest absolute Gasteiger partial charge is 0.494 e. The molecule has 1 rings (SSSR count). The smallest absolute Gasteiger partial charge is 0.243 e. The third-order valence-electron chi connectivity index (χ3n) is 3.77. The van der Waals surface area contributed by atoms with Crippen molar-refractivity contribution in [2.75, 3.05) is 40.3 Å². The summed E-state index contributed by atoms with van der Waals surface area (Å²) in [6, 6.07) is 8.18. The van der Waals surface area contributed by atoms with Crippen LogP contribution in [0, 0.1) is 0 Å². The first-order chi connectivity index (χ1) is 12.6. The lowest BCUT2D eigenvalue weighted by molar-refractivity contribution is -0.127. The van der Waals surface area contributed by atoms with Gasteiger partial charge >= 0.3 is 0 Å². The van der Waals surface area contributed by atoms with Crippen LogP contribution in [0.2, 0.25) is 0 Å². The van der Waals surface area contributed by atoms with Crippen molar-refractivity contribution >= 4 is 11.9 Å². The number of amides is 1. The Morgan fingerprint density at radius 3 is 2.62 bits per heavy atom. The second-order valence-electron chi connectivity index (χ2n) is 6.41. The number of guanidine groups is 1. The topological polar surface area (TPSA) is 66.0 Å². The highest BCUT2D eigenvalue weighted by Gasteiger charge is 2.04. The fraction of sp³-hybridized carbons (Fsp3) is 0.600. The van der Waals surface area contributed by atoms with Crippen LogP contribution in [-0.2, 0) is 11.2 Å². The molecular formula is C20H34N4O2. The van der Waals surface area contributed by atoms with Gasteiger partial charge in [-0.2, -0.15) is 0 Å². The van der Waals surface area contributed by atoms with E-state index in [9.17, 15) is 4.79 Å². The number of unbranched alkanes of at least 4 members (excludes halogenated alkanes) is 1. The Labute approximate surface area is 158 Å². The van der Waals surface area contributed by atoms with E-state index in [0.29, 0.717) is 5.96 Å². The van der Waals surface area contributed by atoms with Crippen LogP contribution in [0.3, 0.4) is 0 Å². The number of likely N-dealkylation sites (N-methyl/N-ethyl adjacent to an activating group) is 1. The molecule has 6 heteroatoms. The summed E-state index contributed by atoms with van der Waals surface area (Å²) in [6.07, 6.45) is 4.04. The summed E-state index contributed by atoms with van der Waals surface area (Å²) in [5.41, 5.74) is 1.21. The number of hydrogen-bond donors (Lipinski definition) is 2. The average Bonchev–Trinajstić information content (AvgIpc) is 2.64. The van der Waals surface area contributed by atoms with E-state index < -0.39 is 0 Å². The number of nitrogens with one attached hydrogen (secondary N) is 2. The van der Waals surface area contributed by atoms with Crippen molar-refractivity contribution in [3.8, 4) is 5.75 Å². The maximum absolute atomic E-state index is 11.7. The van der Waals surface area contributed by atoms with Gasteiger partial charge < -0.3 is 20.3 Å². The molecule has 0 fully saturated rings. The first-order valence-electron chi connectivity index (χ1n) is 9.50. The van der Waals surface area contributed by atoms with Crippen LogP contribution in [-0.4, -0.2) is 57.1 Å². The molecule has 0 heterocycles. The molecule has 0 unspecified atom stereocenters. The minimum atomic E-state index is -0.0117. The van der Waals surface area contributed by atoms with Crippen LogP contribution in [0.5, 0.6) is 5.75 Å². The van der Waals surface area contributed by atoms with Crippen molar-refractivity contribution in [1.29, 1.82) is 0 Å². The molecule has 0 saturated carbocycles. The van der Waals surface area contributed by atoms with Crippen LogP contribution in [0.1, 0.15) is 38.7 Å². The SMILES string of the molecule is CCCCNC(=NCC(=O)N(C)C)NCCc1cccc(OCCC)c1. The monoisotopic (exact) mass is 362 g/mol. The molecule has 0 atom stereocenters. The van der Waals surface area contributed by atoms with E-state index >= 15 is 0 Å². The standard InChI is InChI=1S/C20H34N4O2/c1-5-7-12-21-20(23-16-19(25)24(3)4)22-13-11-17-9-8-10-18(15-17)26-14-6-2/h8-10,15H,5-7,11-14,16H2,1-4H3,(H2,21,22,23). The average molecular weight is 363 g/mol. The van der Waals surface area contributed by atoms with Gasteiger partial charge in [-0.3, -0.25) is 4.79 Å². The second kappa shape index (κ2) is 13.0. The minimum absolute atomic E-state index is 0.0117. The Morgan fingerprint density at radius 1 is 1.15 bits per heavy atom. The fourth-order valence-corrected chi connectivity index (χ4v) is 2.18. The van der Waals surface area contributed by atoms with E-state index in [4.69, 9.17) is 4.74 Å². The second-order valence-corrected chi connectivity index (χ2v) is 6.41. The molecule has 0 aliphatic heterocycles. The molecule has 0 radical (unpaired) electrons. The predicted octanol–water partition coefficient (Wildman–Crippen LogP) is 2.44. The Hall–Kier alpha value is -2.24. The molecule has 2 N–H and O–H groups in total. The molecule has 0 aromatic heterocycles. The lowest BCUT2D eigenvalue weighted by atomic mass is 10.1. The van der Waals surface area contributed by atoms with Crippen LogP contribution in [0.15, 0.2) is 29.3 Å². The molecular weight excluding hydrogens is 328 g/mol. The van der Waals surface area contributed by atoms with Crippen molar-refractivity contribution < 1.29 is 9.53 Å². The first kappa shape index (κ1) is 21.8. The fourth-order valence-electron chi connectivity index (χ4n) is 2.18. The Kier molecular flexibility index (Phi) is 10.9. The predicted molar refractivity (Wildman–Crippen MR) is 108 cm³/mol. The van der Waals surface area contributed by atoms with Crippen LogP contribution < -0.4 is 15.4 Å². The van der Waals surface area contributed by atoms with Gasteiger partial charge in [0.1, 0.15) is 12.3 Å². The van der Waals surface area contributed by atoms with Gasteiger partial charge in [-0.25, -0.2) is 4.99 Å². The maximum atomic E-state index is 11.7. The highest BCUT2D eigenvalue weighted by atomic mass is 16.5. The number of nitrogens with zero attached hydrogens (tertiary/aromatic N) is 2. The molecule has 146 valence electrons. The zero-order valence-electron chi connectivity index (χ0n) is 16.7. The van der Waals surface area contributed by atoms with Crippen molar-refractivity contribution in [2.45, 2.75) is 39.5 Å². The molecule has 6 nitrogen and oxygen atoms in total. The highest BCUT2D eigenvalue weighted by Crippen LogP contribution is 2.13. The third-order valence-corrected chi connectivity index (χ3v) is 3.77. The number of carbonyl (C=O) groups excluding carboxylic acids is 1. The van der Waals surface area contributed by atoms with Crippen molar-refractivity contribution in [3.63, 3.8) is 0 Å². The highest BCUT2D eigenvalue weighted by molar-refractivity contribution is 5.84. The van der Waals surface area contributed by atoms with Gasteiger partial charge in [-0.1, -0.05) is 32.4 Å². The summed E-state index contributed by atoms with van der Waals surface area (Å²) in [4.78, 5) is 17.7. The minimum Gasteiger partial charge on any atom is -0.494 e. The molecule has 1 aromatic rings. The zero-order valence-corrected chi connectivity index (χ0v) is 16.7. The molecule has 0 aliphatic carbocycles. The first-order valence-corrected chi connectivity index (χ1v) is 9.50. The molecule has 0 saturated heterocycles. The number of aliphatic imine (C=N–C) groups is 1. The molecule has 0 aliphatic rings. The Balaban J connectivity index is 2.54. The quantitative estimate of drug-likeness (QED) is 0.360. The van der Waals surface area contributed by atoms with Crippen LogP contribution in [0.4, 0.5) is 0 Å². The molecule has 1 aromatic carbocycles. The lowest BCUT2D eigenvalue weighted by Crippen LogP contribution is -2.40. The third kappa shape index (κ3) is 9.30. The summed E-state index contributed by atoms with van der Waals surface area (Å²) in [5, 5.41) is 6.60. The van der Waals surface area contributed by atoms with Crippen LogP contribution in [0.25, 0.3) is 0 Å². The Bertz CT molecular complexity index is 558. The van der Waals surface area contributed by atoms with Gasteiger partial charge in [-0.05, 0) is 37.0 Å². The summed E-state index contributed by atoms with van der Waals surface area (Å²) in [5.74, 6) is 1.59. The van der Waals surface area contributed by atoms with Crippen LogP contribution >= 0.6 is 0 Å². The van der Waals surface area contributed by atoms with Gasteiger partial charge in [-0.15, -0.1) is 0 Å². The number of rotatable bonds is 11. The van der Waals surface area contributed by atoms with Crippen molar-refractivity contribution in [2.24, 2.45) is 4.99 Å². The molecule has 1 amide bonds. The van der Waals surface area contributed by atoms with Gasteiger partial charge in [0.2, 0.25) is 5.91 Å². The lowest BCUT2D eigenvalue weighted by Gasteiger charge is -2.14. The molecule has 0 spiro atoms. The Morgan fingerprint density at radius 2 is 1.92 bits per heavy atom. The van der Waals surface area contributed by atoms with Gasteiger partial charge in [0.15, 0.2) is 5.96 Å². The van der Waals surface area contributed by atoms with Crippen molar-refractivity contribution in [1.82, 2.24) is 15.5 Å². The van der Waals surface area contributed by atoms with E-state index in [0.717, 1.165) is 51.1 Å². The van der Waals surface area contributed by atoms with Gasteiger partial charge in [0, 0.05) is 27.2 Å². The maximum Gasteiger partial charge on any atom is 0.243 e. The van der Waals surface area contributed by atoms with Crippen molar-refractivity contribution in [3.05, 3.63) is 29.8 Å². The molecule has 26 heavy (non-hydrogen) atoms. The van der Waals surface area contributed by atoms with Gasteiger partial charge in [0.25, 0.3) is 0 Å².